The predicted octanol–water partition coefficient (Wildman–Crippen LogP) is 1.42. The first-order valence-electron chi connectivity index (χ1n) is 5.70. The molecule has 0 saturated heterocycles. The molecule has 4 nitrogen and oxygen atoms in total. The number of rotatable bonds is 8. The van der Waals surface area contributed by atoms with Crippen LogP contribution in [-0.2, 0) is 9.53 Å². The van der Waals surface area contributed by atoms with E-state index < -0.39 is 0 Å². The topological polar surface area (TPSA) is 55.6 Å². The van der Waals surface area contributed by atoms with Crippen molar-refractivity contribution >= 4 is 18.3 Å². The molecule has 5 heteroatoms. The van der Waals surface area contributed by atoms with Gasteiger partial charge in [-0.3, -0.25) is 4.79 Å². The Labute approximate surface area is 105 Å². The van der Waals surface area contributed by atoms with Crippen molar-refractivity contribution in [2.24, 2.45) is 5.73 Å². The number of methoxy groups -OCH3 is 1. The van der Waals surface area contributed by atoms with Crippen LogP contribution in [0.3, 0.4) is 0 Å². The summed E-state index contributed by atoms with van der Waals surface area (Å²) >= 11 is 0. The van der Waals surface area contributed by atoms with Crippen LogP contribution in [-0.4, -0.2) is 43.7 Å². The molecule has 0 aromatic rings. The molecule has 1 amide bonds. The fourth-order valence-corrected chi connectivity index (χ4v) is 1.39. The average Bonchev–Trinajstić information content (AvgIpc) is 2.26. The van der Waals surface area contributed by atoms with Gasteiger partial charge in [0.25, 0.3) is 0 Å². The van der Waals surface area contributed by atoms with Gasteiger partial charge < -0.3 is 15.4 Å². The van der Waals surface area contributed by atoms with E-state index in [2.05, 4.69) is 6.92 Å². The van der Waals surface area contributed by atoms with Gasteiger partial charge in [0.1, 0.15) is 0 Å². The molecule has 1 atom stereocenters. The van der Waals surface area contributed by atoms with E-state index in [9.17, 15) is 4.79 Å². The smallest absolute Gasteiger partial charge is 0.225 e. The zero-order valence-corrected chi connectivity index (χ0v) is 11.4. The van der Waals surface area contributed by atoms with Crippen molar-refractivity contribution in [2.45, 2.75) is 39.2 Å². The molecule has 0 spiro atoms. The highest BCUT2D eigenvalue weighted by Gasteiger charge is 2.16. The zero-order chi connectivity index (χ0) is 11.7. The Bertz CT molecular complexity index is 175. The quantitative estimate of drug-likeness (QED) is 0.711. The maximum atomic E-state index is 11.8. The zero-order valence-electron chi connectivity index (χ0n) is 10.6. The van der Waals surface area contributed by atoms with Crippen LogP contribution in [0.5, 0.6) is 0 Å². The number of hydrogen-bond donors (Lipinski definition) is 1. The molecule has 0 aliphatic carbocycles. The maximum absolute atomic E-state index is 11.8. The Morgan fingerprint density at radius 3 is 2.44 bits per heavy atom. The molecule has 0 aromatic heterocycles. The van der Waals surface area contributed by atoms with Gasteiger partial charge in [0.05, 0.1) is 12.5 Å². The fraction of sp³-hybridized carbons (Fsp3) is 0.909. The standard InChI is InChI=1S/C11H24N2O2.ClH/c1-4-6-7-13(5-2)11(14)8-10(9-12)15-3;/h10H,4-9,12H2,1-3H3;1H. The van der Waals surface area contributed by atoms with Crippen LogP contribution in [0.25, 0.3) is 0 Å². The first kappa shape index (κ1) is 18.1. The van der Waals surface area contributed by atoms with Crippen LogP contribution >= 0.6 is 12.4 Å². The van der Waals surface area contributed by atoms with Crippen LogP contribution in [0.15, 0.2) is 0 Å². The molecule has 0 aliphatic heterocycles. The molecule has 0 rings (SSSR count). The summed E-state index contributed by atoms with van der Waals surface area (Å²) in [6, 6.07) is 0. The predicted molar refractivity (Wildman–Crippen MR) is 68.9 cm³/mol. The maximum Gasteiger partial charge on any atom is 0.225 e. The van der Waals surface area contributed by atoms with Gasteiger partial charge in [0.2, 0.25) is 5.91 Å². The summed E-state index contributed by atoms with van der Waals surface area (Å²) in [6.07, 6.45) is 2.41. The number of ether oxygens (including phenoxy) is 1. The van der Waals surface area contributed by atoms with Gasteiger partial charge in [-0.2, -0.15) is 0 Å². The van der Waals surface area contributed by atoms with Crippen molar-refractivity contribution in [3.05, 3.63) is 0 Å². The van der Waals surface area contributed by atoms with E-state index >= 15 is 0 Å². The largest absolute Gasteiger partial charge is 0.380 e. The van der Waals surface area contributed by atoms with E-state index in [1.807, 2.05) is 11.8 Å². The number of amides is 1. The van der Waals surface area contributed by atoms with E-state index in [-0.39, 0.29) is 24.4 Å². The first-order valence-corrected chi connectivity index (χ1v) is 5.70. The summed E-state index contributed by atoms with van der Waals surface area (Å²) in [5.41, 5.74) is 5.48. The van der Waals surface area contributed by atoms with Crippen molar-refractivity contribution in [3.8, 4) is 0 Å². The molecule has 0 heterocycles. The lowest BCUT2D eigenvalue weighted by Gasteiger charge is -2.22. The molecule has 16 heavy (non-hydrogen) atoms. The van der Waals surface area contributed by atoms with Crippen molar-refractivity contribution < 1.29 is 9.53 Å². The van der Waals surface area contributed by atoms with Gasteiger partial charge in [-0.1, -0.05) is 13.3 Å². The minimum absolute atomic E-state index is 0. The molecule has 2 N–H and O–H groups in total. The minimum atomic E-state index is -0.145. The summed E-state index contributed by atoms with van der Waals surface area (Å²) in [6.45, 7) is 6.12. The lowest BCUT2D eigenvalue weighted by atomic mass is 10.2. The fourth-order valence-electron chi connectivity index (χ4n) is 1.39. The lowest BCUT2D eigenvalue weighted by Crippen LogP contribution is -2.36. The monoisotopic (exact) mass is 252 g/mol. The number of nitrogens with two attached hydrogens (primary N) is 1. The van der Waals surface area contributed by atoms with Crippen molar-refractivity contribution in [1.29, 1.82) is 0 Å². The van der Waals surface area contributed by atoms with Gasteiger partial charge in [0, 0.05) is 26.7 Å². The molecule has 0 fully saturated rings. The Balaban J connectivity index is 0. The Morgan fingerprint density at radius 2 is 2.06 bits per heavy atom. The first-order chi connectivity index (χ1) is 7.19. The van der Waals surface area contributed by atoms with Gasteiger partial charge in [-0.05, 0) is 13.3 Å². The molecule has 0 bridgehead atoms. The van der Waals surface area contributed by atoms with E-state index in [0.29, 0.717) is 13.0 Å². The molecule has 0 radical (unpaired) electrons. The van der Waals surface area contributed by atoms with Crippen LogP contribution < -0.4 is 5.73 Å². The van der Waals surface area contributed by atoms with Gasteiger partial charge >= 0.3 is 0 Å². The molecule has 0 saturated carbocycles. The number of hydrogen-bond acceptors (Lipinski definition) is 3. The number of carbonyl (C=O) groups excluding carboxylic acids is 1. The summed E-state index contributed by atoms with van der Waals surface area (Å²) in [7, 11) is 1.59. The van der Waals surface area contributed by atoms with Crippen molar-refractivity contribution in [1.82, 2.24) is 4.90 Å². The van der Waals surface area contributed by atoms with Gasteiger partial charge in [-0.25, -0.2) is 0 Å². The highest BCUT2D eigenvalue weighted by molar-refractivity contribution is 5.85. The van der Waals surface area contributed by atoms with Gasteiger partial charge in [-0.15, -0.1) is 12.4 Å². The third-order valence-corrected chi connectivity index (χ3v) is 2.51. The third kappa shape index (κ3) is 7.04. The summed E-state index contributed by atoms with van der Waals surface area (Å²) < 4.78 is 5.10. The minimum Gasteiger partial charge on any atom is -0.380 e. The van der Waals surface area contributed by atoms with E-state index in [4.69, 9.17) is 10.5 Å². The molecule has 1 unspecified atom stereocenters. The number of carbonyl (C=O) groups is 1. The van der Waals surface area contributed by atoms with E-state index in [0.717, 1.165) is 25.9 Å². The molecular formula is C11H25ClN2O2. The van der Waals surface area contributed by atoms with E-state index in [1.165, 1.54) is 0 Å². The number of halogens is 1. The average molecular weight is 253 g/mol. The van der Waals surface area contributed by atoms with E-state index in [1.54, 1.807) is 7.11 Å². The second kappa shape index (κ2) is 11.2. The molecular weight excluding hydrogens is 228 g/mol. The molecule has 0 aromatic carbocycles. The Kier molecular flexibility index (Phi) is 12.6. The highest BCUT2D eigenvalue weighted by Crippen LogP contribution is 2.03. The lowest BCUT2D eigenvalue weighted by molar-refractivity contribution is -0.133. The summed E-state index contributed by atoms with van der Waals surface area (Å²) in [5, 5.41) is 0. The molecule has 0 aliphatic rings. The van der Waals surface area contributed by atoms with Crippen molar-refractivity contribution in [2.75, 3.05) is 26.7 Å². The SMILES string of the molecule is CCCCN(CC)C(=O)CC(CN)OC.Cl. The van der Waals surface area contributed by atoms with Crippen molar-refractivity contribution in [3.63, 3.8) is 0 Å². The summed E-state index contributed by atoms with van der Waals surface area (Å²) in [4.78, 5) is 13.7. The van der Waals surface area contributed by atoms with Crippen LogP contribution in [0.4, 0.5) is 0 Å². The highest BCUT2D eigenvalue weighted by atomic mass is 35.5. The second-order valence-corrected chi connectivity index (χ2v) is 3.62. The molecule has 98 valence electrons. The van der Waals surface area contributed by atoms with Gasteiger partial charge in [0.15, 0.2) is 0 Å². The van der Waals surface area contributed by atoms with Crippen LogP contribution in [0.1, 0.15) is 33.1 Å². The number of unbranched alkanes of at least 4 members (excludes halogenated alkanes) is 1. The normalized spacial score (nSPS) is 11.8. The van der Waals surface area contributed by atoms with Crippen LogP contribution in [0.2, 0.25) is 0 Å². The number of nitrogens with zero attached hydrogens (tertiary/aromatic N) is 1. The Morgan fingerprint density at radius 1 is 1.44 bits per heavy atom. The summed E-state index contributed by atoms with van der Waals surface area (Å²) in [5.74, 6) is 0.142. The third-order valence-electron chi connectivity index (χ3n) is 2.51. The Hall–Kier alpha value is -0.320. The second-order valence-electron chi connectivity index (χ2n) is 3.62. The van der Waals surface area contributed by atoms with Crippen LogP contribution in [0, 0.1) is 0 Å².